The zero-order chi connectivity index (χ0) is 21.9. The molecule has 1 aromatic carbocycles. The van der Waals surface area contributed by atoms with Gasteiger partial charge in [0.05, 0.1) is 17.3 Å². The summed E-state index contributed by atoms with van der Waals surface area (Å²) in [6, 6.07) is 10.3. The third-order valence-corrected chi connectivity index (χ3v) is 4.12. The van der Waals surface area contributed by atoms with Gasteiger partial charge in [-0.3, -0.25) is 4.79 Å². The highest BCUT2D eigenvalue weighted by Crippen LogP contribution is 2.34. The Kier molecular flexibility index (Phi) is 5.81. The molecule has 0 saturated carbocycles. The Bertz CT molecular complexity index is 1010. The van der Waals surface area contributed by atoms with Crippen LogP contribution in [0.15, 0.2) is 54.9 Å². The van der Waals surface area contributed by atoms with Crippen LogP contribution in [0.2, 0.25) is 0 Å². The van der Waals surface area contributed by atoms with Gasteiger partial charge in [-0.15, -0.1) is 0 Å². The summed E-state index contributed by atoms with van der Waals surface area (Å²) in [6.07, 6.45) is -8.17. The van der Waals surface area contributed by atoms with Gasteiger partial charge in [-0.25, -0.2) is 9.67 Å². The van der Waals surface area contributed by atoms with Crippen molar-refractivity contribution in [1.29, 1.82) is 0 Å². The first-order valence-electron chi connectivity index (χ1n) is 8.58. The van der Waals surface area contributed by atoms with Gasteiger partial charge in [0, 0.05) is 12.7 Å². The van der Waals surface area contributed by atoms with E-state index < -0.39 is 40.9 Å². The molecule has 0 saturated heterocycles. The summed E-state index contributed by atoms with van der Waals surface area (Å²) in [5, 5.41) is 5.92. The summed E-state index contributed by atoms with van der Waals surface area (Å²) in [7, 11) is 0. The molecule has 3 aromatic rings. The topological polar surface area (TPSA) is 59.8 Å². The van der Waals surface area contributed by atoms with Crippen LogP contribution in [-0.4, -0.2) is 27.2 Å². The lowest BCUT2D eigenvalue weighted by Gasteiger charge is -2.13. The van der Waals surface area contributed by atoms with Gasteiger partial charge in [0.2, 0.25) is 0 Å². The van der Waals surface area contributed by atoms with Crippen LogP contribution in [0.3, 0.4) is 0 Å². The van der Waals surface area contributed by atoms with Crippen molar-refractivity contribution >= 4 is 5.91 Å². The minimum absolute atomic E-state index is 0.0872. The third-order valence-electron chi connectivity index (χ3n) is 4.12. The van der Waals surface area contributed by atoms with E-state index >= 15 is 0 Å². The van der Waals surface area contributed by atoms with Gasteiger partial charge < -0.3 is 5.32 Å². The number of alkyl halides is 6. The number of carbonyl (C=O) groups is 1. The van der Waals surface area contributed by atoms with Crippen molar-refractivity contribution in [3.63, 3.8) is 0 Å². The Morgan fingerprint density at radius 3 is 2.20 bits per heavy atom. The maximum absolute atomic E-state index is 13.6. The maximum atomic E-state index is 13.6. The smallest absolute Gasteiger partial charge is 0.352 e. The molecule has 2 aromatic heterocycles. The Labute approximate surface area is 166 Å². The predicted molar refractivity (Wildman–Crippen MR) is 93.8 cm³/mol. The Morgan fingerprint density at radius 1 is 0.933 bits per heavy atom. The van der Waals surface area contributed by atoms with E-state index in [1.54, 1.807) is 18.2 Å². The second kappa shape index (κ2) is 8.17. The first-order valence-corrected chi connectivity index (χ1v) is 8.58. The van der Waals surface area contributed by atoms with E-state index in [0.29, 0.717) is 29.6 Å². The van der Waals surface area contributed by atoms with Crippen LogP contribution in [0.4, 0.5) is 26.3 Å². The number of rotatable bonds is 5. The molecule has 1 amide bonds. The molecule has 5 nitrogen and oxygen atoms in total. The largest absolute Gasteiger partial charge is 0.434 e. The lowest BCUT2D eigenvalue weighted by Crippen LogP contribution is -2.28. The summed E-state index contributed by atoms with van der Waals surface area (Å²) in [5.41, 5.74) is -2.41. The average Bonchev–Trinajstić information content (AvgIpc) is 3.14. The van der Waals surface area contributed by atoms with E-state index in [9.17, 15) is 31.1 Å². The summed E-state index contributed by atoms with van der Waals surface area (Å²) < 4.78 is 79.0. The Balaban J connectivity index is 1.84. The van der Waals surface area contributed by atoms with E-state index in [0.717, 1.165) is 11.6 Å². The summed E-state index contributed by atoms with van der Waals surface area (Å²) in [4.78, 5) is 15.7. The van der Waals surface area contributed by atoms with Gasteiger partial charge in [0.15, 0.2) is 11.5 Å². The van der Waals surface area contributed by atoms with Crippen LogP contribution < -0.4 is 5.32 Å². The van der Waals surface area contributed by atoms with E-state index in [1.807, 2.05) is 12.1 Å². The number of hydrogen-bond donors (Lipinski definition) is 1. The van der Waals surface area contributed by atoms with E-state index in [1.165, 1.54) is 0 Å². The molecule has 3 rings (SSSR count). The van der Waals surface area contributed by atoms with Crippen molar-refractivity contribution < 1.29 is 31.1 Å². The molecule has 0 atom stereocenters. The molecule has 0 aliphatic rings. The average molecular weight is 428 g/mol. The monoisotopic (exact) mass is 428 g/mol. The van der Waals surface area contributed by atoms with E-state index in [2.05, 4.69) is 15.4 Å². The third kappa shape index (κ3) is 4.78. The number of pyridine rings is 1. The molecule has 0 radical (unpaired) electrons. The van der Waals surface area contributed by atoms with Crippen LogP contribution in [0.25, 0.3) is 5.82 Å². The number of nitrogens with one attached hydrogen (secondary N) is 1. The van der Waals surface area contributed by atoms with Gasteiger partial charge in [-0.1, -0.05) is 30.3 Å². The van der Waals surface area contributed by atoms with Crippen LogP contribution in [0, 0.1) is 0 Å². The molecule has 0 spiro atoms. The molecule has 2 heterocycles. The molecule has 0 fully saturated rings. The summed E-state index contributed by atoms with van der Waals surface area (Å²) in [6.45, 7) is 0.0872. The van der Waals surface area contributed by atoms with Crippen molar-refractivity contribution in [2.24, 2.45) is 0 Å². The van der Waals surface area contributed by atoms with Gasteiger partial charge in [-0.05, 0) is 24.1 Å². The number of benzene rings is 1. The fraction of sp³-hybridized carbons (Fsp3) is 0.211. The second-order valence-electron chi connectivity index (χ2n) is 6.21. The molecule has 1 N–H and O–H groups in total. The molecule has 30 heavy (non-hydrogen) atoms. The first kappa shape index (κ1) is 21.3. The molecule has 0 aliphatic carbocycles. The van der Waals surface area contributed by atoms with Crippen molar-refractivity contribution in [3.05, 3.63) is 77.2 Å². The highest BCUT2D eigenvalue weighted by atomic mass is 19.4. The van der Waals surface area contributed by atoms with Crippen LogP contribution >= 0.6 is 0 Å². The normalized spacial score (nSPS) is 12.1. The SMILES string of the molecule is O=C(NCCc1ccccc1)c1cnn(-c2ccc(C(F)(F)F)cn2)c1C(F)(F)F. The quantitative estimate of drug-likeness (QED) is 0.618. The molecule has 11 heteroatoms. The zero-order valence-corrected chi connectivity index (χ0v) is 15.1. The zero-order valence-electron chi connectivity index (χ0n) is 15.1. The Morgan fingerprint density at radius 2 is 1.63 bits per heavy atom. The van der Waals surface area contributed by atoms with Crippen LogP contribution in [0.1, 0.15) is 27.2 Å². The first-order chi connectivity index (χ1) is 14.1. The standard InChI is InChI=1S/C19H14F6N4O/c20-18(21,22)13-6-7-15(27-10-13)29-16(19(23,24)25)14(11-28-29)17(30)26-9-8-12-4-2-1-3-5-12/h1-7,10-11H,8-9H2,(H,26,30). The van der Waals surface area contributed by atoms with Gasteiger partial charge in [0.1, 0.15) is 0 Å². The molecular formula is C19H14F6N4O. The fourth-order valence-corrected chi connectivity index (χ4v) is 2.70. The lowest BCUT2D eigenvalue weighted by atomic mass is 10.1. The Hall–Kier alpha value is -3.37. The lowest BCUT2D eigenvalue weighted by molar-refractivity contribution is -0.143. The molecule has 158 valence electrons. The molecule has 0 bridgehead atoms. The second-order valence-corrected chi connectivity index (χ2v) is 6.21. The number of nitrogens with zero attached hydrogens (tertiary/aromatic N) is 3. The fourth-order valence-electron chi connectivity index (χ4n) is 2.70. The number of aromatic nitrogens is 3. The molecular weight excluding hydrogens is 414 g/mol. The van der Waals surface area contributed by atoms with Crippen LogP contribution in [0.5, 0.6) is 0 Å². The highest BCUT2D eigenvalue weighted by molar-refractivity contribution is 5.95. The van der Waals surface area contributed by atoms with Crippen LogP contribution in [-0.2, 0) is 18.8 Å². The number of hydrogen-bond acceptors (Lipinski definition) is 3. The number of carbonyl (C=O) groups excluding carboxylic acids is 1. The molecule has 0 unspecified atom stereocenters. The van der Waals surface area contributed by atoms with Gasteiger partial charge >= 0.3 is 12.4 Å². The number of halogens is 6. The van der Waals surface area contributed by atoms with Crippen molar-refractivity contribution in [2.75, 3.05) is 6.54 Å². The van der Waals surface area contributed by atoms with E-state index in [4.69, 9.17) is 0 Å². The van der Waals surface area contributed by atoms with E-state index in [-0.39, 0.29) is 6.54 Å². The summed E-state index contributed by atoms with van der Waals surface area (Å²) >= 11 is 0. The van der Waals surface area contributed by atoms with Crippen molar-refractivity contribution in [3.8, 4) is 5.82 Å². The van der Waals surface area contributed by atoms with Gasteiger partial charge in [0.25, 0.3) is 5.91 Å². The summed E-state index contributed by atoms with van der Waals surface area (Å²) in [5.74, 6) is -1.50. The minimum atomic E-state index is -4.99. The van der Waals surface area contributed by atoms with Crippen molar-refractivity contribution in [1.82, 2.24) is 20.1 Å². The minimum Gasteiger partial charge on any atom is -0.352 e. The predicted octanol–water partition coefficient (Wildman–Crippen LogP) is 4.28. The molecule has 0 aliphatic heterocycles. The van der Waals surface area contributed by atoms with Crippen molar-refractivity contribution in [2.45, 2.75) is 18.8 Å². The number of amides is 1. The highest BCUT2D eigenvalue weighted by Gasteiger charge is 2.41. The van der Waals surface area contributed by atoms with Gasteiger partial charge in [-0.2, -0.15) is 31.4 Å². The maximum Gasteiger partial charge on any atom is 0.434 e.